The van der Waals surface area contributed by atoms with Gasteiger partial charge in [-0.05, 0) is 13.3 Å². The largest absolute Gasteiger partial charge is 0.348 e. The number of rotatable bonds is 3. The van der Waals surface area contributed by atoms with Gasteiger partial charge in [0, 0.05) is 11.8 Å². The molecule has 0 aromatic rings. The molecule has 1 rings (SSSR count). The summed E-state index contributed by atoms with van der Waals surface area (Å²) in [5.74, 6) is -0.284. The Labute approximate surface area is 70.0 Å². The molecule has 0 unspecified atom stereocenters. The van der Waals surface area contributed by atoms with Crippen LogP contribution in [0, 0.1) is 0 Å². The zero-order valence-electron chi connectivity index (χ0n) is 6.23. The Bertz CT molecular complexity index is 99.8. The van der Waals surface area contributed by atoms with Gasteiger partial charge in [-0.25, -0.2) is 0 Å². The molecular weight excluding hydrogens is 201 g/mol. The molecule has 0 saturated carbocycles. The highest BCUT2D eigenvalue weighted by molar-refractivity contribution is 9.09. The lowest BCUT2D eigenvalue weighted by Gasteiger charge is -2.21. The lowest BCUT2D eigenvalue weighted by atomic mass is 10.8. The van der Waals surface area contributed by atoms with E-state index in [2.05, 4.69) is 15.9 Å². The van der Waals surface area contributed by atoms with Crippen LogP contribution in [0.3, 0.4) is 0 Å². The molecular formula is C7H13BrO2. The molecule has 0 aromatic heterocycles. The van der Waals surface area contributed by atoms with Crippen LogP contribution in [0.25, 0.3) is 0 Å². The summed E-state index contributed by atoms with van der Waals surface area (Å²) in [5.41, 5.74) is 0. The first kappa shape index (κ1) is 8.50. The third kappa shape index (κ3) is 2.22. The standard InChI is InChI=1S/C7H13BrO2/c1-7(3-2-4-8)9-5-6-10-7/h2-6H2,1H3/i1+1,2+1,3+1,4+1,7+1. The average molecular weight is 214 g/mol. The van der Waals surface area contributed by atoms with Gasteiger partial charge in [-0.15, -0.1) is 0 Å². The van der Waals surface area contributed by atoms with Crippen LogP contribution in [-0.4, -0.2) is 24.3 Å². The van der Waals surface area contributed by atoms with Crippen molar-refractivity contribution in [2.45, 2.75) is 25.6 Å². The maximum absolute atomic E-state index is 5.40. The molecule has 1 fully saturated rings. The van der Waals surface area contributed by atoms with Crippen LogP contribution in [0.15, 0.2) is 0 Å². The molecule has 3 heteroatoms. The van der Waals surface area contributed by atoms with Crippen LogP contribution < -0.4 is 0 Å². The smallest absolute Gasteiger partial charge is 0.165 e. The van der Waals surface area contributed by atoms with Crippen molar-refractivity contribution in [1.29, 1.82) is 0 Å². The van der Waals surface area contributed by atoms with Crippen molar-refractivity contribution in [3.05, 3.63) is 0 Å². The molecule has 1 aliphatic rings. The molecule has 1 heterocycles. The molecule has 1 saturated heterocycles. The highest BCUT2D eigenvalue weighted by Crippen LogP contribution is 2.23. The Hall–Kier alpha value is 0.400. The average Bonchev–Trinajstić information content (AvgIpc) is 2.33. The summed E-state index contributed by atoms with van der Waals surface area (Å²) in [7, 11) is 0. The summed E-state index contributed by atoms with van der Waals surface area (Å²) in [6.07, 6.45) is 2.09. The van der Waals surface area contributed by atoms with Gasteiger partial charge in [0.2, 0.25) is 0 Å². The third-order valence-electron chi connectivity index (χ3n) is 1.66. The van der Waals surface area contributed by atoms with Gasteiger partial charge in [-0.1, -0.05) is 15.9 Å². The minimum Gasteiger partial charge on any atom is -0.348 e. The Morgan fingerprint density at radius 1 is 1.40 bits per heavy atom. The highest BCUT2D eigenvalue weighted by Gasteiger charge is 2.29. The molecule has 0 N–H and O–H groups in total. The molecule has 1 aliphatic heterocycles. The normalized spacial score (nSPS) is 23.4. The second-order valence-electron chi connectivity index (χ2n) is 2.62. The van der Waals surface area contributed by atoms with Crippen molar-refractivity contribution in [2.24, 2.45) is 0 Å². The second kappa shape index (κ2) is 3.69. The minimum absolute atomic E-state index is 0.284. The predicted octanol–water partition coefficient (Wildman–Crippen LogP) is 1.92. The Morgan fingerprint density at radius 3 is 2.50 bits per heavy atom. The van der Waals surface area contributed by atoms with Gasteiger partial charge >= 0.3 is 0 Å². The monoisotopic (exact) mass is 213 g/mol. The molecule has 0 spiro atoms. The van der Waals surface area contributed by atoms with Crippen LogP contribution in [0.4, 0.5) is 0 Å². The zero-order chi connectivity index (χ0) is 7.45. The fourth-order valence-electron chi connectivity index (χ4n) is 1.09. The summed E-state index contributed by atoms with van der Waals surface area (Å²) < 4.78 is 10.8. The number of hydrogen-bond donors (Lipinski definition) is 0. The quantitative estimate of drug-likeness (QED) is 0.527. The zero-order valence-corrected chi connectivity index (χ0v) is 7.82. The van der Waals surface area contributed by atoms with Gasteiger partial charge in [0.15, 0.2) is 5.79 Å². The number of hydrogen-bond acceptors (Lipinski definition) is 2. The van der Waals surface area contributed by atoms with Crippen molar-refractivity contribution >= 4 is 15.9 Å². The van der Waals surface area contributed by atoms with Gasteiger partial charge in [-0.3, -0.25) is 0 Å². The highest BCUT2D eigenvalue weighted by atomic mass is 79.9. The van der Waals surface area contributed by atoms with E-state index in [9.17, 15) is 0 Å². The van der Waals surface area contributed by atoms with Crippen LogP contribution in [0.1, 0.15) is 19.8 Å². The summed E-state index contributed by atoms with van der Waals surface area (Å²) in [4.78, 5) is 0. The van der Waals surface area contributed by atoms with Crippen LogP contribution in [0.2, 0.25) is 0 Å². The van der Waals surface area contributed by atoms with Crippen LogP contribution in [-0.2, 0) is 9.47 Å². The molecule has 0 amide bonds. The SMILES string of the molecule is [13CH3][13C]1([13CH2][13CH2][13CH2]Br)OCCO1. The topological polar surface area (TPSA) is 18.5 Å². The summed E-state index contributed by atoms with van der Waals surface area (Å²) in [6.45, 7) is 3.50. The van der Waals surface area contributed by atoms with E-state index >= 15 is 0 Å². The number of halogens is 1. The molecule has 0 radical (unpaired) electrons. The van der Waals surface area contributed by atoms with Crippen molar-refractivity contribution in [2.75, 3.05) is 18.5 Å². The molecule has 2 nitrogen and oxygen atoms in total. The second-order valence-corrected chi connectivity index (χ2v) is 3.42. The van der Waals surface area contributed by atoms with E-state index in [-0.39, 0.29) is 5.79 Å². The summed E-state index contributed by atoms with van der Waals surface area (Å²) >= 11 is 3.37. The van der Waals surface area contributed by atoms with Crippen molar-refractivity contribution < 1.29 is 9.47 Å². The predicted molar refractivity (Wildman–Crippen MR) is 43.3 cm³/mol. The van der Waals surface area contributed by atoms with Crippen LogP contribution in [0.5, 0.6) is 0 Å². The van der Waals surface area contributed by atoms with Gasteiger partial charge in [0.25, 0.3) is 0 Å². The van der Waals surface area contributed by atoms with E-state index in [1.807, 2.05) is 6.92 Å². The summed E-state index contributed by atoms with van der Waals surface area (Å²) in [6, 6.07) is 0. The molecule has 0 bridgehead atoms. The molecule has 10 heavy (non-hydrogen) atoms. The minimum atomic E-state index is -0.284. The first-order valence-electron chi connectivity index (χ1n) is 3.61. The van der Waals surface area contributed by atoms with E-state index in [0.29, 0.717) is 0 Å². The van der Waals surface area contributed by atoms with Crippen molar-refractivity contribution in [3.63, 3.8) is 0 Å². The maximum atomic E-state index is 5.40. The van der Waals surface area contributed by atoms with E-state index in [1.54, 1.807) is 0 Å². The Kier molecular flexibility index (Phi) is 3.14. The van der Waals surface area contributed by atoms with Gasteiger partial charge in [-0.2, -0.15) is 0 Å². The van der Waals surface area contributed by atoms with E-state index < -0.39 is 0 Å². The molecule has 60 valence electrons. The van der Waals surface area contributed by atoms with Gasteiger partial charge in [0.05, 0.1) is 13.2 Å². The maximum Gasteiger partial charge on any atom is 0.165 e. The molecule has 0 aromatic carbocycles. The van der Waals surface area contributed by atoms with Gasteiger partial charge < -0.3 is 9.47 Å². The van der Waals surface area contributed by atoms with E-state index in [0.717, 1.165) is 31.4 Å². The van der Waals surface area contributed by atoms with E-state index in [1.165, 1.54) is 0 Å². The molecule has 0 atom stereocenters. The Morgan fingerprint density at radius 2 is 2.00 bits per heavy atom. The molecule has 0 aliphatic carbocycles. The fraction of sp³-hybridized carbons (Fsp3) is 1.00. The first-order chi connectivity index (χ1) is 4.77. The van der Waals surface area contributed by atoms with Crippen molar-refractivity contribution in [1.82, 2.24) is 0 Å². The van der Waals surface area contributed by atoms with Crippen molar-refractivity contribution in [3.8, 4) is 0 Å². The van der Waals surface area contributed by atoms with Gasteiger partial charge in [0.1, 0.15) is 0 Å². The number of ether oxygens (including phenoxy) is 2. The first-order valence-corrected chi connectivity index (χ1v) is 4.73. The fourth-order valence-corrected chi connectivity index (χ4v) is 1.37. The summed E-state index contributed by atoms with van der Waals surface area (Å²) in [5, 5.41) is 1.02. The van der Waals surface area contributed by atoms with E-state index in [4.69, 9.17) is 9.47 Å². The lowest BCUT2D eigenvalue weighted by Crippen LogP contribution is -2.25. The lowest BCUT2D eigenvalue weighted by molar-refractivity contribution is -0.146. The third-order valence-corrected chi connectivity index (χ3v) is 2.22. The van der Waals surface area contributed by atoms with Crippen LogP contribution >= 0.6 is 15.9 Å². The Balaban J connectivity index is 2.22. The number of alkyl halides is 1.